The molecule has 1 aliphatic rings. The molecule has 0 radical (unpaired) electrons. The third-order valence-corrected chi connectivity index (χ3v) is 4.28. The second kappa shape index (κ2) is 4.56. The van der Waals surface area contributed by atoms with Crippen LogP contribution in [0.1, 0.15) is 30.0 Å². The van der Waals surface area contributed by atoms with Gasteiger partial charge >= 0.3 is 0 Å². The third kappa shape index (κ3) is 2.02. The Morgan fingerprint density at radius 3 is 2.56 bits per heavy atom. The zero-order chi connectivity index (χ0) is 13.5. The zero-order valence-electron chi connectivity index (χ0n) is 11.9. The van der Waals surface area contributed by atoms with Gasteiger partial charge in [-0.2, -0.15) is 0 Å². The molecule has 2 unspecified atom stereocenters. The average Bonchev–Trinajstić information content (AvgIpc) is 2.57. The Hall–Kier alpha value is -1.06. The molecule has 2 rings (SSSR count). The van der Waals surface area contributed by atoms with Gasteiger partial charge in [-0.15, -0.1) is 0 Å². The van der Waals surface area contributed by atoms with Crippen LogP contribution in [0.2, 0.25) is 0 Å². The summed E-state index contributed by atoms with van der Waals surface area (Å²) in [6, 6.07) is 4.46. The fourth-order valence-electron chi connectivity index (χ4n) is 2.89. The molecule has 1 aromatic carbocycles. The van der Waals surface area contributed by atoms with Gasteiger partial charge in [0.2, 0.25) is 0 Å². The molecule has 0 spiro atoms. The Balaban J connectivity index is 2.49. The lowest BCUT2D eigenvalue weighted by atomic mass is 9.88. The van der Waals surface area contributed by atoms with Crippen molar-refractivity contribution in [2.45, 2.75) is 38.8 Å². The normalized spacial score (nSPS) is 28.7. The Kier molecular flexibility index (Phi) is 3.39. The molecule has 0 amide bonds. The summed E-state index contributed by atoms with van der Waals surface area (Å²) in [5, 5.41) is 10.9. The summed E-state index contributed by atoms with van der Waals surface area (Å²) in [5.41, 5.74) is 2.44. The van der Waals surface area contributed by atoms with Gasteiger partial charge < -0.3 is 14.7 Å². The number of likely N-dealkylation sites (N-methyl/N-ethyl adjacent to an activating group) is 1. The summed E-state index contributed by atoms with van der Waals surface area (Å²) in [6.07, 6.45) is 0.752. The van der Waals surface area contributed by atoms with Gasteiger partial charge in [0.1, 0.15) is 11.4 Å². The van der Waals surface area contributed by atoms with Crippen LogP contribution in [0, 0.1) is 13.8 Å². The molecule has 1 fully saturated rings. The monoisotopic (exact) mass is 249 g/mol. The second-order valence-electron chi connectivity index (χ2n) is 5.59. The molecule has 3 nitrogen and oxygen atoms in total. The number of methoxy groups -OCH3 is 1. The third-order valence-electron chi connectivity index (χ3n) is 4.28. The highest BCUT2D eigenvalue weighted by Gasteiger charge is 2.42. The summed E-state index contributed by atoms with van der Waals surface area (Å²) in [6.45, 7) is 6.91. The Morgan fingerprint density at radius 2 is 2.06 bits per heavy atom. The summed E-state index contributed by atoms with van der Waals surface area (Å²) in [5.74, 6) is 0.833. The molecule has 1 aliphatic heterocycles. The largest absolute Gasteiger partial charge is 0.496 e. The number of aliphatic hydroxyl groups is 1. The molecule has 1 N–H and O–H groups in total. The van der Waals surface area contributed by atoms with E-state index in [9.17, 15) is 5.11 Å². The SMILES string of the molecule is COc1c(C2(O)CC(C)N(C)C2)ccc(C)c1C. The van der Waals surface area contributed by atoms with E-state index in [4.69, 9.17) is 4.74 Å². The number of hydrogen-bond acceptors (Lipinski definition) is 3. The van der Waals surface area contributed by atoms with Crippen LogP contribution in [0.25, 0.3) is 0 Å². The molecule has 3 heteroatoms. The van der Waals surface area contributed by atoms with Gasteiger partial charge in [0.25, 0.3) is 0 Å². The van der Waals surface area contributed by atoms with Crippen LogP contribution >= 0.6 is 0 Å². The molecule has 0 aliphatic carbocycles. The van der Waals surface area contributed by atoms with Gasteiger partial charge in [-0.3, -0.25) is 0 Å². The van der Waals surface area contributed by atoms with Crippen molar-refractivity contribution in [3.63, 3.8) is 0 Å². The van der Waals surface area contributed by atoms with E-state index in [1.54, 1.807) is 7.11 Å². The number of rotatable bonds is 2. The van der Waals surface area contributed by atoms with Gasteiger partial charge in [0.05, 0.1) is 7.11 Å². The highest BCUT2D eigenvalue weighted by atomic mass is 16.5. The van der Waals surface area contributed by atoms with Crippen molar-refractivity contribution >= 4 is 0 Å². The first-order valence-electron chi connectivity index (χ1n) is 6.46. The quantitative estimate of drug-likeness (QED) is 0.872. The molecule has 2 atom stereocenters. The summed E-state index contributed by atoms with van der Waals surface area (Å²) in [4.78, 5) is 2.19. The van der Waals surface area contributed by atoms with Crippen molar-refractivity contribution in [1.29, 1.82) is 0 Å². The van der Waals surface area contributed by atoms with Gasteiger partial charge in [-0.1, -0.05) is 12.1 Å². The van der Waals surface area contributed by atoms with Crippen LogP contribution in [0.4, 0.5) is 0 Å². The minimum atomic E-state index is -0.794. The maximum absolute atomic E-state index is 10.9. The highest BCUT2D eigenvalue weighted by molar-refractivity contribution is 5.48. The van der Waals surface area contributed by atoms with E-state index >= 15 is 0 Å². The van der Waals surface area contributed by atoms with Crippen LogP contribution in [-0.2, 0) is 5.60 Å². The number of hydrogen-bond donors (Lipinski definition) is 1. The number of nitrogens with zero attached hydrogens (tertiary/aromatic N) is 1. The maximum atomic E-state index is 10.9. The van der Waals surface area contributed by atoms with Crippen molar-refractivity contribution in [3.05, 3.63) is 28.8 Å². The van der Waals surface area contributed by atoms with Crippen LogP contribution in [0.15, 0.2) is 12.1 Å². The molecule has 18 heavy (non-hydrogen) atoms. The molecule has 1 aromatic rings. The number of ether oxygens (including phenoxy) is 1. The van der Waals surface area contributed by atoms with E-state index in [0.717, 1.165) is 23.3 Å². The topological polar surface area (TPSA) is 32.7 Å². The fraction of sp³-hybridized carbons (Fsp3) is 0.600. The Bertz CT molecular complexity index is 446. The van der Waals surface area contributed by atoms with E-state index in [2.05, 4.69) is 31.9 Å². The number of benzene rings is 1. The molecule has 1 saturated heterocycles. The van der Waals surface area contributed by atoms with Gasteiger partial charge in [0.15, 0.2) is 0 Å². The molecule has 0 bridgehead atoms. The number of β-amino-alcohol motifs (C(OH)–C–C–N with tert-alkyl or cyclic N) is 1. The molecule has 1 heterocycles. The fourth-order valence-corrected chi connectivity index (χ4v) is 2.89. The van der Waals surface area contributed by atoms with E-state index in [1.165, 1.54) is 5.56 Å². The lowest BCUT2D eigenvalue weighted by Crippen LogP contribution is -2.30. The van der Waals surface area contributed by atoms with Crippen molar-refractivity contribution in [3.8, 4) is 5.75 Å². The predicted octanol–water partition coefficient (Wildman–Crippen LogP) is 2.22. The Labute approximate surface area is 109 Å². The Morgan fingerprint density at radius 1 is 1.39 bits per heavy atom. The molecular weight excluding hydrogens is 226 g/mol. The van der Waals surface area contributed by atoms with Gasteiger partial charge in [-0.25, -0.2) is 0 Å². The highest BCUT2D eigenvalue weighted by Crippen LogP contribution is 2.41. The summed E-state index contributed by atoms with van der Waals surface area (Å²) >= 11 is 0. The first-order valence-corrected chi connectivity index (χ1v) is 6.46. The van der Waals surface area contributed by atoms with Crippen LogP contribution in [-0.4, -0.2) is 36.8 Å². The standard InChI is InChI=1S/C15H23NO2/c1-10-6-7-13(14(18-5)12(10)3)15(17)8-11(2)16(4)9-15/h6-7,11,17H,8-9H2,1-5H3. The second-order valence-corrected chi connectivity index (χ2v) is 5.59. The lowest BCUT2D eigenvalue weighted by Gasteiger charge is -2.26. The summed E-state index contributed by atoms with van der Waals surface area (Å²) in [7, 11) is 3.73. The molecule has 100 valence electrons. The van der Waals surface area contributed by atoms with Crippen LogP contribution in [0.5, 0.6) is 5.75 Å². The van der Waals surface area contributed by atoms with Gasteiger partial charge in [0, 0.05) is 18.2 Å². The average molecular weight is 249 g/mol. The molecule has 0 saturated carbocycles. The van der Waals surface area contributed by atoms with Crippen molar-refractivity contribution in [2.75, 3.05) is 20.7 Å². The van der Waals surface area contributed by atoms with Crippen molar-refractivity contribution in [1.82, 2.24) is 4.90 Å². The van der Waals surface area contributed by atoms with Crippen LogP contribution < -0.4 is 4.74 Å². The lowest BCUT2D eigenvalue weighted by molar-refractivity contribution is 0.0459. The number of likely N-dealkylation sites (tertiary alicyclic amines) is 1. The first kappa shape index (κ1) is 13.4. The van der Waals surface area contributed by atoms with E-state index in [-0.39, 0.29) is 0 Å². The summed E-state index contributed by atoms with van der Waals surface area (Å²) < 4.78 is 5.53. The van der Waals surface area contributed by atoms with Crippen molar-refractivity contribution < 1.29 is 9.84 Å². The minimum absolute atomic E-state index is 0.390. The maximum Gasteiger partial charge on any atom is 0.128 e. The van der Waals surface area contributed by atoms with Gasteiger partial charge in [-0.05, 0) is 45.4 Å². The van der Waals surface area contributed by atoms with Crippen molar-refractivity contribution in [2.24, 2.45) is 0 Å². The first-order chi connectivity index (χ1) is 8.39. The number of aryl methyl sites for hydroxylation is 1. The van der Waals surface area contributed by atoms with E-state index in [0.29, 0.717) is 12.6 Å². The smallest absolute Gasteiger partial charge is 0.128 e. The minimum Gasteiger partial charge on any atom is -0.496 e. The predicted molar refractivity (Wildman–Crippen MR) is 73.1 cm³/mol. The van der Waals surface area contributed by atoms with E-state index < -0.39 is 5.60 Å². The van der Waals surface area contributed by atoms with E-state index in [1.807, 2.05) is 13.0 Å². The van der Waals surface area contributed by atoms with Crippen LogP contribution in [0.3, 0.4) is 0 Å². The molecular formula is C15H23NO2. The zero-order valence-corrected chi connectivity index (χ0v) is 11.9. The molecule has 0 aromatic heterocycles.